The van der Waals surface area contributed by atoms with Crippen molar-refractivity contribution < 1.29 is 32.7 Å². The summed E-state index contributed by atoms with van der Waals surface area (Å²) in [5.74, 6) is 0.531. The number of carbonyl (C=O) groups excluding carboxylic acids is 2. The summed E-state index contributed by atoms with van der Waals surface area (Å²) < 4.78 is 37.4. The molecule has 3 heterocycles. The Kier molecular flexibility index (Phi) is 9.70. The van der Waals surface area contributed by atoms with Gasteiger partial charge in [-0.15, -0.1) is 0 Å². The highest BCUT2D eigenvalue weighted by Crippen LogP contribution is 2.51. The summed E-state index contributed by atoms with van der Waals surface area (Å²) in [7, 11) is -3.56. The Balaban J connectivity index is 1.33. The van der Waals surface area contributed by atoms with E-state index in [2.05, 4.69) is 25.6 Å². The maximum absolute atomic E-state index is 13.2. The van der Waals surface area contributed by atoms with E-state index in [-0.39, 0.29) is 37.0 Å². The minimum Gasteiger partial charge on any atom is -0.444 e. The molecule has 0 bridgehead atoms. The number of imidazole rings is 1. The zero-order chi connectivity index (χ0) is 30.5. The molecule has 4 rings (SSSR count). The Hall–Kier alpha value is -3.74. The van der Waals surface area contributed by atoms with Crippen LogP contribution in [-0.4, -0.2) is 68.8 Å². The van der Waals surface area contributed by atoms with E-state index < -0.39 is 31.4 Å². The molecule has 1 saturated heterocycles. The molecule has 0 saturated carbocycles. The third kappa shape index (κ3) is 8.63. The molecule has 228 valence electrons. The predicted octanol–water partition coefficient (Wildman–Crippen LogP) is 3.26. The SMILES string of the molecule is CC(C)CNC(=O)[C@H](Cc1ccc(O[P@]2(=O)CO[C@@H](Cn3cnc4c(N)ncnc43)CO2)cc1)NC(=O)OC(C)(C)C. The maximum atomic E-state index is 13.2. The molecule has 0 unspecified atom stereocenters. The Labute approximate surface area is 244 Å². The molecule has 1 aromatic carbocycles. The van der Waals surface area contributed by atoms with Gasteiger partial charge < -0.3 is 34.9 Å². The number of hydrogen-bond donors (Lipinski definition) is 3. The molecule has 14 nitrogen and oxygen atoms in total. The van der Waals surface area contributed by atoms with Crippen LogP contribution in [0.4, 0.5) is 10.6 Å². The third-order valence-electron chi connectivity index (χ3n) is 6.06. The van der Waals surface area contributed by atoms with Crippen LogP contribution in [0.2, 0.25) is 0 Å². The lowest BCUT2D eigenvalue weighted by atomic mass is 10.0. The van der Waals surface area contributed by atoms with E-state index >= 15 is 0 Å². The summed E-state index contributed by atoms with van der Waals surface area (Å²) in [6.07, 6.45) is 1.84. The average molecular weight is 604 g/mol. The average Bonchev–Trinajstić information content (AvgIpc) is 3.32. The van der Waals surface area contributed by atoms with Crippen molar-refractivity contribution in [2.75, 3.05) is 25.2 Å². The smallest absolute Gasteiger partial charge is 0.408 e. The van der Waals surface area contributed by atoms with E-state index in [1.54, 1.807) is 55.9 Å². The van der Waals surface area contributed by atoms with Crippen molar-refractivity contribution in [3.63, 3.8) is 0 Å². The quantitative estimate of drug-likeness (QED) is 0.289. The van der Waals surface area contributed by atoms with E-state index in [0.29, 0.717) is 30.0 Å². The topological polar surface area (TPSA) is 182 Å². The van der Waals surface area contributed by atoms with Crippen molar-refractivity contribution >= 4 is 36.6 Å². The van der Waals surface area contributed by atoms with Crippen LogP contribution >= 0.6 is 7.60 Å². The van der Waals surface area contributed by atoms with Gasteiger partial charge >= 0.3 is 13.7 Å². The van der Waals surface area contributed by atoms with Gasteiger partial charge in [-0.05, 0) is 44.4 Å². The van der Waals surface area contributed by atoms with Gasteiger partial charge in [0.1, 0.15) is 35.3 Å². The summed E-state index contributed by atoms with van der Waals surface area (Å²) in [6.45, 7) is 10.1. The summed E-state index contributed by atoms with van der Waals surface area (Å²) in [5.41, 5.74) is 6.95. The first-order chi connectivity index (χ1) is 19.8. The fourth-order valence-electron chi connectivity index (χ4n) is 4.06. The van der Waals surface area contributed by atoms with Gasteiger partial charge in [0.2, 0.25) is 5.91 Å². The molecule has 0 spiro atoms. The van der Waals surface area contributed by atoms with Crippen molar-refractivity contribution in [2.24, 2.45) is 5.92 Å². The monoisotopic (exact) mass is 603 g/mol. The zero-order valence-corrected chi connectivity index (χ0v) is 25.3. The van der Waals surface area contributed by atoms with Crippen LogP contribution in [0.25, 0.3) is 11.2 Å². The lowest BCUT2D eigenvalue weighted by Gasteiger charge is -2.29. The Morgan fingerprint density at radius 3 is 2.57 bits per heavy atom. The number of nitrogens with two attached hydrogens (primary N) is 1. The number of ether oxygens (including phenoxy) is 2. The highest BCUT2D eigenvalue weighted by atomic mass is 31.2. The molecule has 1 aliphatic rings. The van der Waals surface area contributed by atoms with E-state index in [1.807, 2.05) is 13.8 Å². The number of fused-ring (bicyclic) bond motifs is 1. The van der Waals surface area contributed by atoms with Gasteiger partial charge in [-0.1, -0.05) is 26.0 Å². The van der Waals surface area contributed by atoms with Gasteiger partial charge in [0.15, 0.2) is 17.8 Å². The highest BCUT2D eigenvalue weighted by Gasteiger charge is 2.35. The van der Waals surface area contributed by atoms with Gasteiger partial charge in [-0.2, -0.15) is 0 Å². The molecule has 15 heteroatoms. The van der Waals surface area contributed by atoms with E-state index in [0.717, 1.165) is 5.56 Å². The van der Waals surface area contributed by atoms with Crippen LogP contribution < -0.4 is 20.9 Å². The van der Waals surface area contributed by atoms with Gasteiger partial charge in [0, 0.05) is 13.0 Å². The molecule has 0 radical (unpaired) electrons. The van der Waals surface area contributed by atoms with Crippen molar-refractivity contribution in [1.82, 2.24) is 30.2 Å². The molecule has 42 heavy (non-hydrogen) atoms. The standard InChI is InChI=1S/C27H38N7O7P/c1-17(2)11-29-25(35)21(33-26(36)40-27(3,4)5)10-18-6-8-19(9-7-18)41-42(37)16-38-20(13-39-42)12-34-15-32-22-23(28)30-14-31-24(22)34/h6-9,14-15,17,20-21H,10-13,16H2,1-5H3,(H,29,35)(H,33,36)(H2,28,30,31)/t20-,21-,42-/m0/s1. The van der Waals surface area contributed by atoms with Gasteiger partial charge in [-0.25, -0.2) is 24.3 Å². The molecule has 4 N–H and O–H groups in total. The molecular formula is C27H38N7O7P. The number of carbonyl (C=O) groups is 2. The van der Waals surface area contributed by atoms with Crippen LogP contribution in [0.1, 0.15) is 40.2 Å². The Morgan fingerprint density at radius 1 is 1.19 bits per heavy atom. The lowest BCUT2D eigenvalue weighted by Crippen LogP contribution is -2.49. The lowest BCUT2D eigenvalue weighted by molar-refractivity contribution is -0.123. The molecule has 1 fully saturated rings. The number of nitrogens with zero attached hydrogens (tertiary/aromatic N) is 4. The molecular weight excluding hydrogens is 565 g/mol. The molecule has 1 aliphatic heterocycles. The van der Waals surface area contributed by atoms with Crippen LogP contribution in [-0.2, 0) is 36.3 Å². The number of aromatic nitrogens is 4. The second-order valence-electron chi connectivity index (χ2n) is 11.4. The minimum atomic E-state index is -3.56. The molecule has 2 aromatic heterocycles. The molecule has 3 aromatic rings. The maximum Gasteiger partial charge on any atom is 0.408 e. The fraction of sp³-hybridized carbons (Fsp3) is 0.519. The van der Waals surface area contributed by atoms with Gasteiger partial charge in [-0.3, -0.25) is 9.32 Å². The number of anilines is 1. The summed E-state index contributed by atoms with van der Waals surface area (Å²) in [4.78, 5) is 37.6. The predicted molar refractivity (Wildman–Crippen MR) is 155 cm³/mol. The van der Waals surface area contributed by atoms with Crippen molar-refractivity contribution in [3.05, 3.63) is 42.5 Å². The molecule has 0 aliphatic carbocycles. The molecule has 2 amide bonds. The van der Waals surface area contributed by atoms with Crippen LogP contribution in [0, 0.1) is 5.92 Å². The summed E-state index contributed by atoms with van der Waals surface area (Å²) in [5, 5.41) is 5.51. The van der Waals surface area contributed by atoms with Crippen LogP contribution in [0.3, 0.4) is 0 Å². The number of rotatable bonds is 10. The normalized spacial score (nSPS) is 19.8. The Bertz CT molecular complexity index is 1430. The minimum absolute atomic E-state index is 0.0408. The number of alkyl carbamates (subject to hydrolysis) is 1. The second kappa shape index (κ2) is 13.1. The highest BCUT2D eigenvalue weighted by molar-refractivity contribution is 7.54. The van der Waals surface area contributed by atoms with Gasteiger partial charge in [0.05, 0.1) is 19.5 Å². The summed E-state index contributed by atoms with van der Waals surface area (Å²) >= 11 is 0. The van der Waals surface area contributed by atoms with Crippen molar-refractivity contribution in [1.29, 1.82) is 0 Å². The van der Waals surface area contributed by atoms with Gasteiger partial charge in [0.25, 0.3) is 0 Å². The van der Waals surface area contributed by atoms with E-state index in [1.165, 1.54) is 6.33 Å². The summed E-state index contributed by atoms with van der Waals surface area (Å²) in [6, 6.07) is 5.86. The third-order valence-corrected chi connectivity index (χ3v) is 7.55. The number of nitrogens with one attached hydrogen (secondary N) is 2. The van der Waals surface area contributed by atoms with Crippen molar-refractivity contribution in [2.45, 2.75) is 65.3 Å². The zero-order valence-electron chi connectivity index (χ0n) is 24.4. The Morgan fingerprint density at radius 2 is 1.93 bits per heavy atom. The first kappa shape index (κ1) is 31.2. The number of amides is 2. The van der Waals surface area contributed by atoms with Crippen LogP contribution in [0.5, 0.6) is 5.75 Å². The van der Waals surface area contributed by atoms with Crippen molar-refractivity contribution in [3.8, 4) is 5.75 Å². The number of nitrogen functional groups attached to an aromatic ring is 1. The first-order valence-electron chi connectivity index (χ1n) is 13.6. The second-order valence-corrected chi connectivity index (χ2v) is 13.4. The molecule has 3 atom stereocenters. The first-order valence-corrected chi connectivity index (χ1v) is 15.4. The fourth-order valence-corrected chi connectivity index (χ4v) is 5.47. The number of benzene rings is 1. The van der Waals surface area contributed by atoms with E-state index in [4.69, 9.17) is 24.3 Å². The van der Waals surface area contributed by atoms with E-state index in [9.17, 15) is 14.2 Å². The van der Waals surface area contributed by atoms with Crippen LogP contribution in [0.15, 0.2) is 36.9 Å². The number of hydrogen-bond acceptors (Lipinski definition) is 11. The largest absolute Gasteiger partial charge is 0.444 e.